The number of rotatable bonds is 3. The van der Waals surface area contributed by atoms with E-state index in [1.807, 2.05) is 13.8 Å². The van der Waals surface area contributed by atoms with Crippen molar-refractivity contribution in [1.29, 1.82) is 0 Å². The first kappa shape index (κ1) is 15.2. The van der Waals surface area contributed by atoms with Crippen molar-refractivity contribution >= 4 is 10.1 Å². The van der Waals surface area contributed by atoms with E-state index in [4.69, 9.17) is 0 Å². The number of benzene rings is 1. The molecule has 0 bridgehead atoms. The molecule has 0 aliphatic rings. The molecule has 0 aliphatic heterocycles. The molecule has 18 heavy (non-hydrogen) atoms. The lowest BCUT2D eigenvalue weighted by Crippen LogP contribution is -2.11. The summed E-state index contributed by atoms with van der Waals surface area (Å²) in [5.74, 6) is 0.387. The summed E-state index contributed by atoms with van der Waals surface area (Å²) in [6, 6.07) is 0. The summed E-state index contributed by atoms with van der Waals surface area (Å²) >= 11 is 0. The van der Waals surface area contributed by atoms with Crippen LogP contribution in [0.25, 0.3) is 0 Å². The second-order valence-corrected chi connectivity index (χ2v) is 6.39. The summed E-state index contributed by atoms with van der Waals surface area (Å²) in [5, 5.41) is 0. The molecule has 0 saturated heterocycles. The maximum absolute atomic E-state index is 11.5. The Bertz CT molecular complexity index is 542. The van der Waals surface area contributed by atoms with Crippen molar-refractivity contribution in [2.45, 2.75) is 58.8 Å². The van der Waals surface area contributed by atoms with E-state index in [0.29, 0.717) is 17.0 Å². The molecule has 0 aliphatic carbocycles. The Morgan fingerprint density at radius 1 is 1.00 bits per heavy atom. The van der Waals surface area contributed by atoms with Crippen molar-refractivity contribution in [3.8, 4) is 0 Å². The quantitative estimate of drug-likeness (QED) is 0.852. The zero-order valence-corrected chi connectivity index (χ0v) is 12.8. The minimum Gasteiger partial charge on any atom is -0.282 e. The fourth-order valence-corrected chi connectivity index (χ4v) is 3.72. The Morgan fingerprint density at radius 2 is 1.39 bits per heavy atom. The van der Waals surface area contributed by atoms with Crippen molar-refractivity contribution in [2.24, 2.45) is 0 Å². The van der Waals surface area contributed by atoms with E-state index in [1.165, 1.54) is 5.56 Å². The second-order valence-electron chi connectivity index (χ2n) is 5.03. The normalized spacial score (nSPS) is 13.7. The second kappa shape index (κ2) is 5.02. The van der Waals surface area contributed by atoms with Crippen molar-refractivity contribution < 1.29 is 13.0 Å². The van der Waals surface area contributed by atoms with Gasteiger partial charge in [0.2, 0.25) is 0 Å². The van der Waals surface area contributed by atoms with Gasteiger partial charge in [0.05, 0.1) is 0 Å². The van der Waals surface area contributed by atoms with Gasteiger partial charge in [0, 0.05) is 0 Å². The van der Waals surface area contributed by atoms with Crippen LogP contribution in [-0.2, 0) is 10.1 Å². The minimum atomic E-state index is -4.16. The average Bonchev–Trinajstić information content (AvgIpc) is 2.24. The van der Waals surface area contributed by atoms with E-state index in [1.54, 1.807) is 13.8 Å². The molecule has 1 rings (SSSR count). The largest absolute Gasteiger partial charge is 0.295 e. The van der Waals surface area contributed by atoms with Gasteiger partial charge in [-0.05, 0) is 67.9 Å². The van der Waals surface area contributed by atoms with Crippen LogP contribution in [-0.4, -0.2) is 13.0 Å². The third-order valence-electron chi connectivity index (χ3n) is 3.98. The van der Waals surface area contributed by atoms with Crippen LogP contribution in [0.4, 0.5) is 0 Å². The molecule has 0 spiro atoms. The highest BCUT2D eigenvalue weighted by atomic mass is 32.2. The number of hydrogen-bond donors (Lipinski definition) is 1. The average molecular weight is 270 g/mol. The molecule has 1 atom stereocenters. The molecule has 0 saturated carbocycles. The monoisotopic (exact) mass is 270 g/mol. The lowest BCUT2D eigenvalue weighted by molar-refractivity contribution is 0.481. The Morgan fingerprint density at radius 3 is 1.67 bits per heavy atom. The predicted octanol–water partition coefficient (Wildman–Crippen LogP) is 3.68. The molecule has 1 unspecified atom stereocenters. The van der Waals surface area contributed by atoms with Crippen LogP contribution in [0, 0.1) is 27.7 Å². The maximum Gasteiger partial charge on any atom is 0.295 e. The standard InChI is InChI=1S/C14H22O3S/c1-7-8(2)13-9(3)11(5)14(18(15,16)17)12(6)10(13)4/h8H,7H2,1-6H3,(H,15,16,17). The Kier molecular flexibility index (Phi) is 4.23. The summed E-state index contributed by atoms with van der Waals surface area (Å²) in [6.45, 7) is 11.6. The van der Waals surface area contributed by atoms with Crippen LogP contribution in [0.3, 0.4) is 0 Å². The molecular weight excluding hydrogens is 248 g/mol. The Balaban J connectivity index is 3.78. The maximum atomic E-state index is 11.5. The molecule has 1 aromatic rings. The van der Waals surface area contributed by atoms with Crippen LogP contribution < -0.4 is 0 Å². The summed E-state index contributed by atoms with van der Waals surface area (Å²) in [5.41, 5.74) is 4.48. The SMILES string of the molecule is CCC(C)c1c(C)c(C)c(S(=O)(=O)O)c(C)c1C. The van der Waals surface area contributed by atoms with Gasteiger partial charge >= 0.3 is 0 Å². The highest BCUT2D eigenvalue weighted by Crippen LogP contribution is 2.34. The lowest BCUT2D eigenvalue weighted by Gasteiger charge is -2.22. The molecule has 0 amide bonds. The molecular formula is C14H22O3S. The van der Waals surface area contributed by atoms with Gasteiger partial charge < -0.3 is 0 Å². The van der Waals surface area contributed by atoms with Gasteiger partial charge in [0.25, 0.3) is 10.1 Å². The van der Waals surface area contributed by atoms with E-state index < -0.39 is 10.1 Å². The highest BCUT2D eigenvalue weighted by molar-refractivity contribution is 7.86. The Hall–Kier alpha value is -0.870. The molecule has 3 nitrogen and oxygen atoms in total. The van der Waals surface area contributed by atoms with E-state index >= 15 is 0 Å². The first-order valence-electron chi connectivity index (χ1n) is 6.20. The van der Waals surface area contributed by atoms with Gasteiger partial charge in [-0.2, -0.15) is 8.42 Å². The van der Waals surface area contributed by atoms with Gasteiger partial charge in [0.1, 0.15) is 4.90 Å². The van der Waals surface area contributed by atoms with Gasteiger partial charge in [0.15, 0.2) is 0 Å². The van der Waals surface area contributed by atoms with Gasteiger partial charge in [-0.25, -0.2) is 0 Å². The molecule has 1 N–H and O–H groups in total. The van der Waals surface area contributed by atoms with Crippen LogP contribution in [0.2, 0.25) is 0 Å². The molecule has 102 valence electrons. The van der Waals surface area contributed by atoms with Crippen LogP contribution in [0.15, 0.2) is 4.90 Å². The van der Waals surface area contributed by atoms with Crippen molar-refractivity contribution in [3.05, 3.63) is 27.8 Å². The van der Waals surface area contributed by atoms with Crippen LogP contribution in [0.1, 0.15) is 54.0 Å². The fourth-order valence-electron chi connectivity index (χ4n) is 2.64. The summed E-state index contributed by atoms with van der Waals surface area (Å²) in [6.07, 6.45) is 1.01. The summed E-state index contributed by atoms with van der Waals surface area (Å²) in [4.78, 5) is 0.0737. The highest BCUT2D eigenvalue weighted by Gasteiger charge is 2.24. The molecule has 0 fully saturated rings. The number of hydrogen-bond acceptors (Lipinski definition) is 2. The molecule has 0 aromatic heterocycles. The van der Waals surface area contributed by atoms with E-state index in [0.717, 1.165) is 17.5 Å². The first-order chi connectivity index (χ1) is 8.12. The zero-order valence-electron chi connectivity index (χ0n) is 12.0. The predicted molar refractivity (Wildman–Crippen MR) is 73.9 cm³/mol. The van der Waals surface area contributed by atoms with Gasteiger partial charge in [-0.15, -0.1) is 0 Å². The third-order valence-corrected chi connectivity index (χ3v) is 5.11. The zero-order chi connectivity index (χ0) is 14.2. The van der Waals surface area contributed by atoms with Crippen LogP contribution in [0.5, 0.6) is 0 Å². The fraction of sp³-hybridized carbons (Fsp3) is 0.571. The summed E-state index contributed by atoms with van der Waals surface area (Å²) in [7, 11) is -4.16. The first-order valence-corrected chi connectivity index (χ1v) is 7.64. The Labute approximate surface area is 110 Å². The summed E-state index contributed by atoms with van der Waals surface area (Å²) < 4.78 is 32.3. The van der Waals surface area contributed by atoms with E-state index in [2.05, 4.69) is 13.8 Å². The molecule has 0 radical (unpaired) electrons. The van der Waals surface area contributed by atoms with Crippen molar-refractivity contribution in [3.63, 3.8) is 0 Å². The smallest absolute Gasteiger partial charge is 0.282 e. The van der Waals surface area contributed by atoms with Gasteiger partial charge in [-0.3, -0.25) is 4.55 Å². The lowest BCUT2D eigenvalue weighted by atomic mass is 9.86. The van der Waals surface area contributed by atoms with E-state index in [9.17, 15) is 13.0 Å². The van der Waals surface area contributed by atoms with Gasteiger partial charge in [-0.1, -0.05) is 13.8 Å². The van der Waals surface area contributed by atoms with E-state index in [-0.39, 0.29) is 4.90 Å². The minimum absolute atomic E-state index is 0.0737. The van der Waals surface area contributed by atoms with Crippen LogP contribution >= 0.6 is 0 Å². The van der Waals surface area contributed by atoms with Crippen molar-refractivity contribution in [1.82, 2.24) is 0 Å². The third kappa shape index (κ3) is 2.45. The molecule has 0 heterocycles. The molecule has 4 heteroatoms. The molecule has 1 aromatic carbocycles. The topological polar surface area (TPSA) is 54.4 Å². The van der Waals surface area contributed by atoms with Crippen molar-refractivity contribution in [2.75, 3.05) is 0 Å².